The third-order valence-corrected chi connectivity index (χ3v) is 6.36. The van der Waals surface area contributed by atoms with Gasteiger partial charge in [-0.2, -0.15) is 0 Å². The lowest BCUT2D eigenvalue weighted by Crippen LogP contribution is -2.56. The molecule has 0 bridgehead atoms. The molecule has 0 aliphatic rings. The van der Waals surface area contributed by atoms with Gasteiger partial charge in [0.05, 0.1) is 12.1 Å². The molecule has 0 aliphatic heterocycles. The van der Waals surface area contributed by atoms with E-state index in [4.69, 9.17) is 17.3 Å². The molecule has 5 N–H and O–H groups in total. The highest BCUT2D eigenvalue weighted by molar-refractivity contribution is 6.30. The summed E-state index contributed by atoms with van der Waals surface area (Å²) in [7, 11) is 0. The van der Waals surface area contributed by atoms with Gasteiger partial charge in [-0.1, -0.05) is 87.7 Å². The van der Waals surface area contributed by atoms with Crippen LogP contribution < -0.4 is 21.7 Å². The molecule has 2 aromatic rings. The lowest BCUT2D eigenvalue weighted by Gasteiger charge is -2.23. The van der Waals surface area contributed by atoms with Crippen LogP contribution in [0.15, 0.2) is 54.6 Å². The van der Waals surface area contributed by atoms with Crippen LogP contribution in [0.2, 0.25) is 5.02 Å². The summed E-state index contributed by atoms with van der Waals surface area (Å²) in [4.78, 5) is 39.1. The molecule has 0 saturated heterocycles. The van der Waals surface area contributed by atoms with Crippen LogP contribution in [-0.2, 0) is 27.2 Å². The molecule has 0 fully saturated rings. The number of unbranched alkanes of at least 4 members (excludes halogenated alkanes) is 1. The normalized spacial score (nSPS) is 13.2. The molecule has 0 saturated carbocycles. The van der Waals surface area contributed by atoms with Crippen molar-refractivity contribution in [1.82, 2.24) is 16.0 Å². The van der Waals surface area contributed by atoms with Gasteiger partial charge in [-0.05, 0) is 55.0 Å². The van der Waals surface area contributed by atoms with E-state index in [0.29, 0.717) is 24.4 Å². The van der Waals surface area contributed by atoms with E-state index < -0.39 is 35.8 Å². The zero-order valence-corrected chi connectivity index (χ0v) is 24.1. The van der Waals surface area contributed by atoms with Gasteiger partial charge in [-0.15, -0.1) is 12.4 Å². The number of amides is 3. The SMILES string of the molecule is CCCC[C@H](N)C(=O)N[C@@H](Cc1ccc(Cl)cc1)C(=O)NC(=O)[C@H](CC(C)C)NCCc1ccccc1.Cl. The monoisotopic (exact) mass is 564 g/mol. The van der Waals surface area contributed by atoms with Crippen molar-refractivity contribution in [1.29, 1.82) is 0 Å². The largest absolute Gasteiger partial charge is 0.343 e. The molecule has 9 heteroatoms. The van der Waals surface area contributed by atoms with Gasteiger partial charge in [0.1, 0.15) is 6.04 Å². The van der Waals surface area contributed by atoms with Crippen molar-refractivity contribution >= 4 is 41.7 Å². The van der Waals surface area contributed by atoms with E-state index in [1.165, 1.54) is 5.56 Å². The minimum atomic E-state index is -0.950. The van der Waals surface area contributed by atoms with Gasteiger partial charge in [-0.3, -0.25) is 19.7 Å². The smallest absolute Gasteiger partial charge is 0.249 e. The lowest BCUT2D eigenvalue weighted by atomic mass is 10.0. The zero-order chi connectivity index (χ0) is 27.2. The van der Waals surface area contributed by atoms with Gasteiger partial charge in [0.2, 0.25) is 17.7 Å². The quantitative estimate of drug-likeness (QED) is 0.259. The van der Waals surface area contributed by atoms with E-state index >= 15 is 0 Å². The predicted octanol–water partition coefficient (Wildman–Crippen LogP) is 4.20. The van der Waals surface area contributed by atoms with Crippen LogP contribution in [0.4, 0.5) is 0 Å². The Kier molecular flexibility index (Phi) is 15.9. The van der Waals surface area contributed by atoms with Crippen molar-refractivity contribution in [3.63, 3.8) is 0 Å². The Labute approximate surface area is 238 Å². The first-order valence-electron chi connectivity index (χ1n) is 13.1. The molecule has 3 amide bonds. The van der Waals surface area contributed by atoms with Gasteiger partial charge in [0.15, 0.2) is 0 Å². The van der Waals surface area contributed by atoms with E-state index in [0.717, 1.165) is 24.8 Å². The molecule has 3 atom stereocenters. The van der Waals surface area contributed by atoms with Gasteiger partial charge < -0.3 is 16.4 Å². The maximum absolute atomic E-state index is 13.2. The van der Waals surface area contributed by atoms with Gasteiger partial charge in [-0.25, -0.2) is 0 Å². The molecule has 210 valence electrons. The van der Waals surface area contributed by atoms with Crippen molar-refractivity contribution in [3.8, 4) is 0 Å². The van der Waals surface area contributed by atoms with Crippen LogP contribution in [0.3, 0.4) is 0 Å². The number of carbonyl (C=O) groups excluding carboxylic acids is 3. The average Bonchev–Trinajstić information content (AvgIpc) is 2.87. The minimum Gasteiger partial charge on any atom is -0.343 e. The topological polar surface area (TPSA) is 113 Å². The summed E-state index contributed by atoms with van der Waals surface area (Å²) >= 11 is 5.99. The second kappa shape index (κ2) is 17.9. The predicted molar refractivity (Wildman–Crippen MR) is 156 cm³/mol. The Morgan fingerprint density at radius 3 is 2.13 bits per heavy atom. The van der Waals surface area contributed by atoms with Gasteiger partial charge >= 0.3 is 0 Å². The Balaban J connectivity index is 0.00000722. The summed E-state index contributed by atoms with van der Waals surface area (Å²) in [5.74, 6) is -1.13. The summed E-state index contributed by atoms with van der Waals surface area (Å²) in [6.45, 7) is 6.68. The van der Waals surface area contributed by atoms with Crippen LogP contribution in [0.25, 0.3) is 0 Å². The summed E-state index contributed by atoms with van der Waals surface area (Å²) < 4.78 is 0. The summed E-state index contributed by atoms with van der Waals surface area (Å²) in [6, 6.07) is 14.8. The molecule has 0 spiro atoms. The van der Waals surface area contributed by atoms with E-state index in [-0.39, 0.29) is 24.7 Å². The maximum Gasteiger partial charge on any atom is 0.249 e. The Bertz CT molecular complexity index is 987. The summed E-state index contributed by atoms with van der Waals surface area (Å²) in [5.41, 5.74) is 8.01. The van der Waals surface area contributed by atoms with Crippen LogP contribution in [0.5, 0.6) is 0 Å². The number of halogens is 2. The molecule has 0 aliphatic carbocycles. The zero-order valence-electron chi connectivity index (χ0n) is 22.5. The fourth-order valence-corrected chi connectivity index (χ4v) is 4.11. The minimum absolute atomic E-state index is 0. The first kappa shape index (κ1) is 33.6. The van der Waals surface area contributed by atoms with Crippen molar-refractivity contribution in [3.05, 3.63) is 70.7 Å². The highest BCUT2D eigenvalue weighted by Crippen LogP contribution is 2.12. The van der Waals surface area contributed by atoms with E-state index in [9.17, 15) is 14.4 Å². The second-order valence-electron chi connectivity index (χ2n) is 9.87. The standard InChI is InChI=1S/C29H41ClN4O3.ClH/c1-4-5-11-24(31)27(35)33-26(19-22-12-14-23(30)15-13-22)29(37)34-28(36)25(18-20(2)3)32-17-16-21-9-7-6-8-10-21;/h6-10,12-15,20,24-26,32H,4-5,11,16-19,31H2,1-3H3,(H,33,35)(H,34,36,37);1H/t24-,25-,26-;/m0./s1. The van der Waals surface area contributed by atoms with Crippen molar-refractivity contribution in [2.24, 2.45) is 11.7 Å². The van der Waals surface area contributed by atoms with Gasteiger partial charge in [0.25, 0.3) is 0 Å². The van der Waals surface area contributed by atoms with E-state index in [1.54, 1.807) is 24.3 Å². The fraction of sp³-hybridized carbons (Fsp3) is 0.483. The Morgan fingerprint density at radius 1 is 0.895 bits per heavy atom. The molecule has 0 radical (unpaired) electrons. The lowest BCUT2D eigenvalue weighted by molar-refractivity contribution is -0.135. The van der Waals surface area contributed by atoms with Crippen LogP contribution in [0.1, 0.15) is 57.6 Å². The molecular weight excluding hydrogens is 523 g/mol. The van der Waals surface area contributed by atoms with E-state index in [1.807, 2.05) is 51.1 Å². The van der Waals surface area contributed by atoms with Crippen LogP contribution in [0, 0.1) is 5.92 Å². The maximum atomic E-state index is 13.2. The highest BCUT2D eigenvalue weighted by Gasteiger charge is 2.28. The molecule has 2 rings (SSSR count). The van der Waals surface area contributed by atoms with Gasteiger partial charge in [0, 0.05) is 11.4 Å². The number of imide groups is 1. The molecule has 2 aromatic carbocycles. The van der Waals surface area contributed by atoms with Crippen molar-refractivity contribution < 1.29 is 14.4 Å². The fourth-order valence-electron chi connectivity index (χ4n) is 3.98. The third kappa shape index (κ3) is 12.4. The summed E-state index contributed by atoms with van der Waals surface area (Å²) in [5, 5.41) is 9.16. The highest BCUT2D eigenvalue weighted by atomic mass is 35.5. The first-order valence-corrected chi connectivity index (χ1v) is 13.5. The summed E-state index contributed by atoms with van der Waals surface area (Å²) in [6.07, 6.45) is 3.80. The molecule has 7 nitrogen and oxygen atoms in total. The first-order chi connectivity index (χ1) is 17.7. The number of nitrogens with one attached hydrogen (secondary N) is 3. The molecule has 0 aromatic heterocycles. The number of carbonyl (C=O) groups is 3. The molecule has 0 unspecified atom stereocenters. The number of benzene rings is 2. The van der Waals surface area contributed by atoms with Crippen LogP contribution in [-0.4, -0.2) is 42.4 Å². The Hall–Kier alpha value is -2.45. The molecular formula is C29H42Cl2N4O3. The molecule has 0 heterocycles. The van der Waals surface area contributed by atoms with E-state index in [2.05, 4.69) is 16.0 Å². The number of hydrogen-bond donors (Lipinski definition) is 4. The number of nitrogens with two attached hydrogens (primary N) is 1. The Morgan fingerprint density at radius 2 is 1.53 bits per heavy atom. The van der Waals surface area contributed by atoms with Crippen molar-refractivity contribution in [2.75, 3.05) is 6.54 Å². The number of hydrogen-bond acceptors (Lipinski definition) is 5. The van der Waals surface area contributed by atoms with Crippen molar-refractivity contribution in [2.45, 2.75) is 77.4 Å². The molecule has 38 heavy (non-hydrogen) atoms. The average molecular weight is 566 g/mol. The number of rotatable bonds is 15. The second-order valence-corrected chi connectivity index (χ2v) is 10.3. The van der Waals surface area contributed by atoms with Crippen LogP contribution >= 0.6 is 24.0 Å². The third-order valence-electron chi connectivity index (χ3n) is 6.11.